The Bertz CT molecular complexity index is 695. The van der Waals surface area contributed by atoms with Crippen LogP contribution in [0.1, 0.15) is 17.2 Å². The molecule has 4 nitrogen and oxygen atoms in total. The number of ether oxygens (including phenoxy) is 1. The third-order valence-corrected chi connectivity index (χ3v) is 3.85. The van der Waals surface area contributed by atoms with Gasteiger partial charge in [0.05, 0.1) is 6.10 Å². The summed E-state index contributed by atoms with van der Waals surface area (Å²) in [4.78, 5) is 4.14. The van der Waals surface area contributed by atoms with Gasteiger partial charge in [0.25, 0.3) is 0 Å². The molecule has 0 aliphatic rings. The van der Waals surface area contributed by atoms with E-state index in [1.165, 1.54) is 18.2 Å². The molecule has 2 rings (SSSR count). The minimum absolute atomic E-state index is 0. The van der Waals surface area contributed by atoms with Crippen LogP contribution in [-0.2, 0) is 11.2 Å². The molecule has 0 fully saturated rings. The maximum Gasteiger partial charge on any atom is 0.191 e. The number of aliphatic imine (C=N–C) groups is 1. The molecule has 0 amide bonds. The van der Waals surface area contributed by atoms with Crippen LogP contribution in [0.3, 0.4) is 0 Å². The summed E-state index contributed by atoms with van der Waals surface area (Å²) >= 11 is 0. The zero-order chi connectivity index (χ0) is 18.1. The smallest absolute Gasteiger partial charge is 0.191 e. The van der Waals surface area contributed by atoms with E-state index in [4.69, 9.17) is 4.74 Å². The molecule has 2 aromatic carbocycles. The molecule has 0 aliphatic carbocycles. The Morgan fingerprint density at radius 3 is 2.38 bits per heavy atom. The van der Waals surface area contributed by atoms with E-state index < -0.39 is 0 Å². The lowest BCUT2D eigenvalue weighted by molar-refractivity contribution is 0.106. The third-order valence-electron chi connectivity index (χ3n) is 3.85. The summed E-state index contributed by atoms with van der Waals surface area (Å²) in [5.74, 6) is 0.112. The minimum atomic E-state index is -0.280. The van der Waals surface area contributed by atoms with Crippen LogP contribution >= 0.6 is 24.0 Å². The Hall–Kier alpha value is -1.74. The Labute approximate surface area is 170 Å². The monoisotopic (exact) mass is 475 g/mol. The van der Waals surface area contributed by atoms with Crippen LogP contribution in [0.5, 0.6) is 0 Å². The standard InChI is InChI=1S/C19H23F2N3O.HI/c1-22-19(23-12-11-14-5-3-4-6-17(14)21)24-13-18(25-2)15-7-9-16(20)10-8-15;/h3-10,18H,11-13H2,1-2H3,(H2,22,23,24);1H. The summed E-state index contributed by atoms with van der Waals surface area (Å²) in [5, 5.41) is 6.30. The predicted molar refractivity (Wildman–Crippen MR) is 111 cm³/mol. The van der Waals surface area contributed by atoms with Gasteiger partial charge in [-0.3, -0.25) is 4.99 Å². The number of rotatable bonds is 7. The second-order valence-corrected chi connectivity index (χ2v) is 5.50. The van der Waals surface area contributed by atoms with Gasteiger partial charge in [0, 0.05) is 27.2 Å². The van der Waals surface area contributed by atoms with Crippen molar-refractivity contribution in [3.05, 3.63) is 71.3 Å². The molecular weight excluding hydrogens is 451 g/mol. The van der Waals surface area contributed by atoms with Gasteiger partial charge < -0.3 is 15.4 Å². The molecule has 0 heterocycles. The van der Waals surface area contributed by atoms with Crippen LogP contribution in [0.2, 0.25) is 0 Å². The number of guanidine groups is 1. The van der Waals surface area contributed by atoms with Gasteiger partial charge in [-0.15, -0.1) is 24.0 Å². The van der Waals surface area contributed by atoms with Gasteiger partial charge in [-0.2, -0.15) is 0 Å². The summed E-state index contributed by atoms with van der Waals surface area (Å²) in [6, 6.07) is 12.9. The highest BCUT2D eigenvalue weighted by atomic mass is 127. The Kier molecular flexibility index (Phi) is 10.1. The molecule has 0 spiro atoms. The van der Waals surface area contributed by atoms with Crippen LogP contribution in [0.15, 0.2) is 53.5 Å². The molecule has 1 atom stereocenters. The average Bonchev–Trinajstić information content (AvgIpc) is 2.63. The quantitative estimate of drug-likeness (QED) is 0.365. The normalized spacial score (nSPS) is 12.2. The van der Waals surface area contributed by atoms with Gasteiger partial charge in [0.15, 0.2) is 5.96 Å². The van der Waals surface area contributed by atoms with Crippen LogP contribution in [0.25, 0.3) is 0 Å². The molecule has 142 valence electrons. The van der Waals surface area contributed by atoms with E-state index in [9.17, 15) is 8.78 Å². The topological polar surface area (TPSA) is 45.7 Å². The highest BCUT2D eigenvalue weighted by Crippen LogP contribution is 2.16. The molecule has 0 saturated carbocycles. The molecule has 2 aromatic rings. The number of nitrogens with one attached hydrogen (secondary N) is 2. The fourth-order valence-corrected chi connectivity index (χ4v) is 2.44. The molecule has 26 heavy (non-hydrogen) atoms. The lowest BCUT2D eigenvalue weighted by Crippen LogP contribution is -2.40. The zero-order valence-electron chi connectivity index (χ0n) is 14.8. The first-order valence-corrected chi connectivity index (χ1v) is 8.10. The molecule has 1 unspecified atom stereocenters. The fraction of sp³-hybridized carbons (Fsp3) is 0.316. The van der Waals surface area contributed by atoms with Gasteiger partial charge in [0.1, 0.15) is 11.6 Å². The van der Waals surface area contributed by atoms with Crippen molar-refractivity contribution in [2.45, 2.75) is 12.5 Å². The van der Waals surface area contributed by atoms with Gasteiger partial charge in [-0.05, 0) is 35.7 Å². The van der Waals surface area contributed by atoms with Gasteiger partial charge in [0.2, 0.25) is 0 Å². The Balaban J connectivity index is 0.00000338. The minimum Gasteiger partial charge on any atom is -0.375 e. The molecule has 0 radical (unpaired) electrons. The lowest BCUT2D eigenvalue weighted by atomic mass is 10.1. The van der Waals surface area contributed by atoms with Crippen molar-refractivity contribution >= 4 is 29.9 Å². The van der Waals surface area contributed by atoms with E-state index in [0.717, 1.165) is 5.56 Å². The van der Waals surface area contributed by atoms with Gasteiger partial charge in [-0.1, -0.05) is 30.3 Å². The molecular formula is C19H24F2IN3O. The maximum absolute atomic E-state index is 13.6. The SMILES string of the molecule is CN=C(NCCc1ccccc1F)NCC(OC)c1ccc(F)cc1.I. The first-order valence-electron chi connectivity index (χ1n) is 8.10. The second-order valence-electron chi connectivity index (χ2n) is 5.50. The van der Waals surface area contributed by atoms with E-state index in [1.807, 2.05) is 6.07 Å². The zero-order valence-corrected chi connectivity index (χ0v) is 17.2. The van der Waals surface area contributed by atoms with Crippen LogP contribution in [0.4, 0.5) is 8.78 Å². The number of halogens is 3. The molecule has 7 heteroatoms. The van der Waals surface area contributed by atoms with Crippen molar-refractivity contribution in [3.63, 3.8) is 0 Å². The average molecular weight is 475 g/mol. The first-order chi connectivity index (χ1) is 12.1. The van der Waals surface area contributed by atoms with E-state index in [-0.39, 0.29) is 41.7 Å². The summed E-state index contributed by atoms with van der Waals surface area (Å²) in [5.41, 5.74) is 1.53. The summed E-state index contributed by atoms with van der Waals surface area (Å²) in [7, 11) is 3.27. The van der Waals surface area contributed by atoms with Crippen molar-refractivity contribution in [3.8, 4) is 0 Å². The highest BCUT2D eigenvalue weighted by molar-refractivity contribution is 14.0. The number of methoxy groups -OCH3 is 1. The molecule has 2 N–H and O–H groups in total. The van der Waals surface area contributed by atoms with E-state index in [1.54, 1.807) is 38.4 Å². The third kappa shape index (κ3) is 6.87. The van der Waals surface area contributed by atoms with E-state index in [0.29, 0.717) is 31.0 Å². The van der Waals surface area contributed by atoms with Gasteiger partial charge in [-0.25, -0.2) is 8.78 Å². The van der Waals surface area contributed by atoms with E-state index in [2.05, 4.69) is 15.6 Å². The highest BCUT2D eigenvalue weighted by Gasteiger charge is 2.11. The molecule has 0 saturated heterocycles. The van der Waals surface area contributed by atoms with Crippen molar-refractivity contribution in [2.75, 3.05) is 27.2 Å². The van der Waals surface area contributed by atoms with Crippen molar-refractivity contribution in [2.24, 2.45) is 4.99 Å². The Morgan fingerprint density at radius 1 is 1.08 bits per heavy atom. The van der Waals surface area contributed by atoms with Crippen molar-refractivity contribution in [1.82, 2.24) is 10.6 Å². The van der Waals surface area contributed by atoms with Crippen LogP contribution in [0, 0.1) is 11.6 Å². The predicted octanol–water partition coefficient (Wildman–Crippen LogP) is 3.68. The second kappa shape index (κ2) is 11.8. The molecule has 0 bridgehead atoms. The number of hydrogen-bond donors (Lipinski definition) is 2. The summed E-state index contributed by atoms with van der Waals surface area (Å²) in [6.45, 7) is 1.02. The maximum atomic E-state index is 13.6. The lowest BCUT2D eigenvalue weighted by Gasteiger charge is -2.19. The largest absolute Gasteiger partial charge is 0.375 e. The van der Waals surface area contributed by atoms with E-state index >= 15 is 0 Å². The number of hydrogen-bond acceptors (Lipinski definition) is 2. The summed E-state index contributed by atoms with van der Waals surface area (Å²) in [6.07, 6.45) is 0.324. The molecule has 0 aromatic heterocycles. The Morgan fingerprint density at radius 2 is 1.77 bits per heavy atom. The number of nitrogens with zero attached hydrogens (tertiary/aromatic N) is 1. The first kappa shape index (κ1) is 22.3. The van der Waals surface area contributed by atoms with Crippen molar-refractivity contribution in [1.29, 1.82) is 0 Å². The fourth-order valence-electron chi connectivity index (χ4n) is 2.44. The van der Waals surface area contributed by atoms with Crippen LogP contribution in [-0.4, -0.2) is 33.2 Å². The van der Waals surface area contributed by atoms with Crippen LogP contribution < -0.4 is 10.6 Å². The molecule has 0 aliphatic heterocycles. The summed E-state index contributed by atoms with van der Waals surface area (Å²) < 4.78 is 32.1. The number of benzene rings is 2. The van der Waals surface area contributed by atoms with Gasteiger partial charge >= 0.3 is 0 Å². The van der Waals surface area contributed by atoms with Crippen molar-refractivity contribution < 1.29 is 13.5 Å².